The van der Waals surface area contributed by atoms with Crippen LogP contribution in [0.1, 0.15) is 17.7 Å². The first-order valence-electron chi connectivity index (χ1n) is 6.61. The molecule has 0 bridgehead atoms. The number of aromatic nitrogens is 4. The number of nitrogens with one attached hydrogen (secondary N) is 3. The van der Waals surface area contributed by atoms with Crippen LogP contribution in [0.25, 0.3) is 0 Å². The first-order chi connectivity index (χ1) is 10.1. The lowest BCUT2D eigenvalue weighted by molar-refractivity contribution is -0.121. The van der Waals surface area contributed by atoms with E-state index in [0.29, 0.717) is 6.54 Å². The van der Waals surface area contributed by atoms with E-state index in [2.05, 4.69) is 20.5 Å². The highest BCUT2D eigenvalue weighted by Crippen LogP contribution is 2.04. The number of amides is 1. The van der Waals surface area contributed by atoms with Crippen LogP contribution < -0.4 is 16.6 Å². The van der Waals surface area contributed by atoms with Gasteiger partial charge in [0.05, 0.1) is 6.20 Å². The molecule has 0 saturated carbocycles. The molecule has 2 rings (SSSR count). The summed E-state index contributed by atoms with van der Waals surface area (Å²) in [7, 11) is 0. The summed E-state index contributed by atoms with van der Waals surface area (Å²) in [6.07, 6.45) is 4.68. The van der Waals surface area contributed by atoms with Crippen molar-refractivity contribution in [2.75, 3.05) is 6.54 Å². The van der Waals surface area contributed by atoms with Crippen molar-refractivity contribution in [2.45, 2.75) is 26.3 Å². The fourth-order valence-corrected chi connectivity index (χ4v) is 1.91. The number of nitrogens with zero attached hydrogens (tertiary/aromatic N) is 2. The maximum Gasteiger partial charge on any atom is 0.328 e. The molecule has 2 aromatic heterocycles. The largest absolute Gasteiger partial charge is 0.355 e. The Bertz CT molecular complexity index is 728. The van der Waals surface area contributed by atoms with Crippen molar-refractivity contribution < 1.29 is 4.79 Å². The van der Waals surface area contributed by atoms with Crippen LogP contribution in [-0.2, 0) is 17.8 Å². The van der Waals surface area contributed by atoms with Gasteiger partial charge in [0.15, 0.2) is 0 Å². The second-order valence-corrected chi connectivity index (χ2v) is 4.71. The number of aromatic amines is 2. The van der Waals surface area contributed by atoms with Gasteiger partial charge in [-0.2, -0.15) is 5.10 Å². The van der Waals surface area contributed by atoms with Crippen molar-refractivity contribution in [3.8, 4) is 0 Å². The minimum Gasteiger partial charge on any atom is -0.355 e. The lowest BCUT2D eigenvalue weighted by Crippen LogP contribution is -2.35. The highest BCUT2D eigenvalue weighted by Gasteiger charge is 2.05. The smallest absolute Gasteiger partial charge is 0.328 e. The average Bonchev–Trinajstić information content (AvgIpc) is 2.84. The van der Waals surface area contributed by atoms with Gasteiger partial charge in [0, 0.05) is 24.5 Å². The van der Waals surface area contributed by atoms with Gasteiger partial charge in [0.25, 0.3) is 5.56 Å². The van der Waals surface area contributed by atoms with E-state index in [1.54, 1.807) is 6.20 Å². The van der Waals surface area contributed by atoms with E-state index in [4.69, 9.17) is 0 Å². The molecule has 0 aliphatic heterocycles. The van der Waals surface area contributed by atoms with Gasteiger partial charge in [-0.05, 0) is 25.3 Å². The molecule has 0 atom stereocenters. The summed E-state index contributed by atoms with van der Waals surface area (Å²) < 4.78 is 1.15. The monoisotopic (exact) mass is 291 g/mol. The Labute approximate surface area is 120 Å². The number of rotatable bonds is 6. The van der Waals surface area contributed by atoms with Crippen LogP contribution in [0.3, 0.4) is 0 Å². The third kappa shape index (κ3) is 4.16. The number of hydrogen-bond donors (Lipinski definition) is 3. The van der Waals surface area contributed by atoms with Gasteiger partial charge in [-0.15, -0.1) is 0 Å². The Hall–Kier alpha value is -2.64. The van der Waals surface area contributed by atoms with Crippen LogP contribution >= 0.6 is 0 Å². The molecule has 1 amide bonds. The summed E-state index contributed by atoms with van der Waals surface area (Å²) in [5.41, 5.74) is 1.08. The Kier molecular flexibility index (Phi) is 4.70. The third-order valence-corrected chi connectivity index (χ3v) is 3.09. The molecule has 0 aromatic carbocycles. The lowest BCUT2D eigenvalue weighted by atomic mass is 10.1. The molecule has 0 aliphatic carbocycles. The van der Waals surface area contributed by atoms with Crippen LogP contribution in [0.2, 0.25) is 0 Å². The summed E-state index contributed by atoms with van der Waals surface area (Å²) in [5, 5.41) is 9.52. The standard InChI is InChI=1S/C13H17N5O3/c1-9-10(7-15-17-9)3-2-5-14-12(20)8-18-6-4-11(19)16-13(18)21/h4,6-7H,2-3,5,8H2,1H3,(H,14,20)(H,15,17)(H,16,19,21). The minimum absolute atomic E-state index is 0.111. The van der Waals surface area contributed by atoms with Crippen LogP contribution in [0.4, 0.5) is 0 Å². The Balaban J connectivity index is 1.76. The molecular weight excluding hydrogens is 274 g/mol. The van der Waals surface area contributed by atoms with E-state index in [1.165, 1.54) is 12.3 Å². The Morgan fingerprint density at radius 3 is 2.90 bits per heavy atom. The molecule has 21 heavy (non-hydrogen) atoms. The van der Waals surface area contributed by atoms with E-state index >= 15 is 0 Å². The number of aryl methyl sites for hydroxylation is 2. The summed E-state index contributed by atoms with van der Waals surface area (Å²) in [6.45, 7) is 2.35. The van der Waals surface area contributed by atoms with Crippen LogP contribution in [0.5, 0.6) is 0 Å². The Morgan fingerprint density at radius 2 is 2.24 bits per heavy atom. The zero-order chi connectivity index (χ0) is 15.2. The first-order valence-corrected chi connectivity index (χ1v) is 6.61. The van der Waals surface area contributed by atoms with E-state index in [1.807, 2.05) is 6.92 Å². The summed E-state index contributed by atoms with van der Waals surface area (Å²) >= 11 is 0. The fraction of sp³-hybridized carbons (Fsp3) is 0.385. The lowest BCUT2D eigenvalue weighted by Gasteiger charge is -2.06. The normalized spacial score (nSPS) is 10.5. The van der Waals surface area contributed by atoms with Crippen LogP contribution in [0.15, 0.2) is 28.0 Å². The topological polar surface area (TPSA) is 113 Å². The van der Waals surface area contributed by atoms with Gasteiger partial charge in [-0.3, -0.25) is 24.2 Å². The molecule has 0 saturated heterocycles. The van der Waals surface area contributed by atoms with E-state index in [-0.39, 0.29) is 12.5 Å². The van der Waals surface area contributed by atoms with Crippen LogP contribution in [-0.4, -0.2) is 32.2 Å². The second-order valence-electron chi connectivity index (χ2n) is 4.71. The van der Waals surface area contributed by atoms with E-state index < -0.39 is 11.2 Å². The predicted molar refractivity (Wildman–Crippen MR) is 76.0 cm³/mol. The molecule has 8 heteroatoms. The van der Waals surface area contributed by atoms with Crippen molar-refractivity contribution in [1.82, 2.24) is 25.1 Å². The molecule has 2 aromatic rings. The fourth-order valence-electron chi connectivity index (χ4n) is 1.91. The molecule has 2 heterocycles. The zero-order valence-corrected chi connectivity index (χ0v) is 11.7. The second kappa shape index (κ2) is 6.69. The zero-order valence-electron chi connectivity index (χ0n) is 11.7. The molecule has 0 spiro atoms. The van der Waals surface area contributed by atoms with Gasteiger partial charge in [-0.25, -0.2) is 4.79 Å². The molecular formula is C13H17N5O3. The van der Waals surface area contributed by atoms with Gasteiger partial charge in [-0.1, -0.05) is 0 Å². The summed E-state index contributed by atoms with van der Waals surface area (Å²) in [4.78, 5) is 36.1. The molecule has 0 radical (unpaired) electrons. The maximum atomic E-state index is 11.7. The third-order valence-electron chi connectivity index (χ3n) is 3.09. The van der Waals surface area contributed by atoms with Crippen molar-refractivity contribution >= 4 is 5.91 Å². The number of carbonyl (C=O) groups excluding carboxylic acids is 1. The maximum absolute atomic E-state index is 11.7. The summed E-state index contributed by atoms with van der Waals surface area (Å²) in [5.74, 6) is -0.270. The average molecular weight is 291 g/mol. The quantitative estimate of drug-likeness (QED) is 0.612. The van der Waals surface area contributed by atoms with Gasteiger partial charge >= 0.3 is 5.69 Å². The Morgan fingerprint density at radius 1 is 1.43 bits per heavy atom. The van der Waals surface area contributed by atoms with Crippen molar-refractivity contribution in [3.05, 3.63) is 50.6 Å². The van der Waals surface area contributed by atoms with Gasteiger partial charge < -0.3 is 5.32 Å². The minimum atomic E-state index is -0.591. The molecule has 112 valence electrons. The van der Waals surface area contributed by atoms with Crippen molar-refractivity contribution in [2.24, 2.45) is 0 Å². The molecule has 0 aliphatic rings. The first kappa shape index (κ1) is 14.8. The number of H-pyrrole nitrogens is 2. The SMILES string of the molecule is Cc1[nH]ncc1CCCNC(=O)Cn1ccc(=O)[nH]c1=O. The predicted octanol–water partition coefficient (Wildman–Crippen LogP) is -0.683. The van der Waals surface area contributed by atoms with Crippen LogP contribution in [0, 0.1) is 6.92 Å². The van der Waals surface area contributed by atoms with Crippen molar-refractivity contribution in [3.63, 3.8) is 0 Å². The highest BCUT2D eigenvalue weighted by atomic mass is 16.2. The van der Waals surface area contributed by atoms with Gasteiger partial charge in [0.1, 0.15) is 6.54 Å². The van der Waals surface area contributed by atoms with Gasteiger partial charge in [0.2, 0.25) is 5.91 Å². The molecule has 0 unspecified atom stereocenters. The van der Waals surface area contributed by atoms with E-state index in [0.717, 1.165) is 28.7 Å². The number of hydrogen-bond acceptors (Lipinski definition) is 4. The highest BCUT2D eigenvalue weighted by molar-refractivity contribution is 5.75. The molecule has 3 N–H and O–H groups in total. The van der Waals surface area contributed by atoms with Crippen molar-refractivity contribution in [1.29, 1.82) is 0 Å². The van der Waals surface area contributed by atoms with E-state index in [9.17, 15) is 14.4 Å². The molecule has 0 fully saturated rings. The molecule has 8 nitrogen and oxygen atoms in total. The number of carbonyl (C=O) groups is 1. The summed E-state index contributed by atoms with van der Waals surface area (Å²) in [6, 6.07) is 1.20.